The van der Waals surface area contributed by atoms with Crippen molar-refractivity contribution in [1.82, 2.24) is 5.16 Å². The number of anilines is 2. The van der Waals surface area contributed by atoms with Crippen LogP contribution in [0.15, 0.2) is 65.3 Å². The summed E-state index contributed by atoms with van der Waals surface area (Å²) >= 11 is 5.99. The third-order valence-corrected chi connectivity index (χ3v) is 4.00. The van der Waals surface area contributed by atoms with E-state index in [4.69, 9.17) is 20.9 Å². The maximum Gasteiger partial charge on any atom is 0.261 e. The molecule has 0 saturated heterocycles. The summed E-state index contributed by atoms with van der Waals surface area (Å²) in [5.41, 5.74) is 2.36. The molecule has 0 aliphatic heterocycles. The van der Waals surface area contributed by atoms with E-state index in [9.17, 15) is 4.79 Å². The van der Waals surface area contributed by atoms with Crippen molar-refractivity contribution in [2.45, 2.75) is 13.8 Å². The average molecular weight is 398 g/mol. The monoisotopic (exact) mass is 397 g/mol. The van der Waals surface area contributed by atoms with E-state index in [1.807, 2.05) is 31.2 Å². The second kappa shape index (κ2) is 9.10. The van der Waals surface area contributed by atoms with Crippen LogP contribution in [0.4, 0.5) is 11.4 Å². The van der Waals surface area contributed by atoms with Crippen molar-refractivity contribution in [2.24, 2.45) is 0 Å². The molecule has 1 amide bonds. The van der Waals surface area contributed by atoms with Gasteiger partial charge in [0.25, 0.3) is 5.91 Å². The SMILES string of the molecule is CCOc1ccc(NC=C(C(=O)Nc2cccc(Cl)c2)c2cc(C)no2)cc1. The van der Waals surface area contributed by atoms with Crippen LogP contribution in [0.1, 0.15) is 18.4 Å². The van der Waals surface area contributed by atoms with Crippen molar-refractivity contribution < 1.29 is 14.1 Å². The molecule has 2 aromatic carbocycles. The molecule has 0 radical (unpaired) electrons. The summed E-state index contributed by atoms with van der Waals surface area (Å²) in [6.07, 6.45) is 1.58. The highest BCUT2D eigenvalue weighted by atomic mass is 35.5. The maximum atomic E-state index is 12.8. The summed E-state index contributed by atoms with van der Waals surface area (Å²) in [4.78, 5) is 12.8. The van der Waals surface area contributed by atoms with Gasteiger partial charge in [0.15, 0.2) is 5.76 Å². The normalized spacial score (nSPS) is 11.2. The molecular formula is C21H20ClN3O3. The number of aromatic nitrogens is 1. The summed E-state index contributed by atoms with van der Waals surface area (Å²) in [5.74, 6) is 0.786. The van der Waals surface area contributed by atoms with Crippen LogP contribution in [0.3, 0.4) is 0 Å². The van der Waals surface area contributed by atoms with Gasteiger partial charge < -0.3 is 19.9 Å². The van der Waals surface area contributed by atoms with Gasteiger partial charge in [-0.2, -0.15) is 0 Å². The Hall–Kier alpha value is -3.25. The van der Waals surface area contributed by atoms with Crippen LogP contribution >= 0.6 is 11.6 Å². The van der Waals surface area contributed by atoms with Crippen LogP contribution in [0.5, 0.6) is 5.75 Å². The van der Waals surface area contributed by atoms with Gasteiger partial charge in [0, 0.05) is 28.7 Å². The number of carbonyl (C=O) groups excluding carboxylic acids is 1. The van der Waals surface area contributed by atoms with E-state index in [0.29, 0.717) is 34.3 Å². The minimum absolute atomic E-state index is 0.300. The number of amides is 1. The summed E-state index contributed by atoms with van der Waals surface area (Å²) in [6.45, 7) is 4.32. The van der Waals surface area contributed by atoms with E-state index < -0.39 is 0 Å². The van der Waals surface area contributed by atoms with Gasteiger partial charge in [0.1, 0.15) is 11.3 Å². The number of hydrogen-bond acceptors (Lipinski definition) is 5. The lowest BCUT2D eigenvalue weighted by molar-refractivity contribution is -0.111. The largest absolute Gasteiger partial charge is 0.494 e. The number of nitrogens with zero attached hydrogens (tertiary/aromatic N) is 1. The number of hydrogen-bond donors (Lipinski definition) is 2. The van der Waals surface area contributed by atoms with E-state index in [2.05, 4.69) is 15.8 Å². The molecule has 3 rings (SSSR count). The zero-order chi connectivity index (χ0) is 19.9. The number of carbonyl (C=O) groups is 1. The van der Waals surface area contributed by atoms with Crippen molar-refractivity contribution in [3.8, 4) is 5.75 Å². The number of rotatable bonds is 7. The molecule has 0 spiro atoms. The van der Waals surface area contributed by atoms with Crippen LogP contribution in [0.2, 0.25) is 5.02 Å². The fourth-order valence-electron chi connectivity index (χ4n) is 2.47. The Kier molecular flexibility index (Phi) is 6.34. The highest BCUT2D eigenvalue weighted by molar-refractivity contribution is 6.31. The molecule has 0 unspecified atom stereocenters. The van der Waals surface area contributed by atoms with Gasteiger partial charge in [-0.3, -0.25) is 4.79 Å². The highest BCUT2D eigenvalue weighted by Crippen LogP contribution is 2.22. The molecule has 1 aromatic heterocycles. The van der Waals surface area contributed by atoms with Crippen LogP contribution < -0.4 is 15.4 Å². The van der Waals surface area contributed by atoms with Gasteiger partial charge in [-0.15, -0.1) is 0 Å². The van der Waals surface area contributed by atoms with Gasteiger partial charge in [0.2, 0.25) is 0 Å². The molecular weight excluding hydrogens is 378 g/mol. The van der Waals surface area contributed by atoms with Crippen molar-refractivity contribution in [3.05, 3.63) is 77.3 Å². The number of aryl methyl sites for hydroxylation is 1. The van der Waals surface area contributed by atoms with E-state index in [-0.39, 0.29) is 5.91 Å². The number of benzene rings is 2. The lowest BCUT2D eigenvalue weighted by Crippen LogP contribution is -2.14. The Morgan fingerprint density at radius 1 is 1.18 bits per heavy atom. The second-order valence-corrected chi connectivity index (χ2v) is 6.39. The Morgan fingerprint density at radius 3 is 2.61 bits per heavy atom. The Balaban J connectivity index is 1.82. The topological polar surface area (TPSA) is 76.4 Å². The molecule has 3 aromatic rings. The highest BCUT2D eigenvalue weighted by Gasteiger charge is 2.17. The first-order chi connectivity index (χ1) is 13.5. The number of ether oxygens (including phenoxy) is 1. The van der Waals surface area contributed by atoms with Gasteiger partial charge in [-0.1, -0.05) is 22.8 Å². The molecule has 2 N–H and O–H groups in total. The predicted octanol–water partition coefficient (Wildman–Crippen LogP) is 5.13. The molecule has 1 heterocycles. The van der Waals surface area contributed by atoms with Gasteiger partial charge >= 0.3 is 0 Å². The third kappa shape index (κ3) is 5.14. The Labute approximate surface area is 168 Å². The third-order valence-electron chi connectivity index (χ3n) is 3.77. The van der Waals surface area contributed by atoms with Gasteiger partial charge in [-0.25, -0.2) is 0 Å². The average Bonchev–Trinajstić information content (AvgIpc) is 3.09. The molecule has 28 heavy (non-hydrogen) atoms. The first-order valence-electron chi connectivity index (χ1n) is 8.75. The predicted molar refractivity (Wildman–Crippen MR) is 111 cm³/mol. The molecule has 0 bridgehead atoms. The van der Waals surface area contributed by atoms with Crippen LogP contribution in [0, 0.1) is 6.92 Å². The van der Waals surface area contributed by atoms with Crippen molar-refractivity contribution in [2.75, 3.05) is 17.2 Å². The molecule has 144 valence electrons. The van der Waals surface area contributed by atoms with Crippen molar-refractivity contribution >= 4 is 34.5 Å². The van der Waals surface area contributed by atoms with Crippen LogP contribution in [-0.2, 0) is 4.79 Å². The molecule has 0 atom stereocenters. The first kappa shape index (κ1) is 19.5. The minimum atomic E-state index is -0.350. The lowest BCUT2D eigenvalue weighted by atomic mass is 10.2. The van der Waals surface area contributed by atoms with Crippen molar-refractivity contribution in [1.29, 1.82) is 0 Å². The lowest BCUT2D eigenvalue weighted by Gasteiger charge is -2.09. The zero-order valence-corrected chi connectivity index (χ0v) is 16.3. The molecule has 0 fully saturated rings. The minimum Gasteiger partial charge on any atom is -0.494 e. The molecule has 7 heteroatoms. The quantitative estimate of drug-likeness (QED) is 0.540. The standard InChI is InChI=1S/C21H20ClN3O3/c1-3-27-18-9-7-16(8-10-18)23-13-19(20-11-14(2)25-28-20)21(26)24-17-6-4-5-15(22)12-17/h4-13,23H,3H2,1-2H3,(H,24,26). The maximum absolute atomic E-state index is 12.8. The van der Waals surface area contributed by atoms with E-state index in [1.165, 1.54) is 0 Å². The molecule has 6 nitrogen and oxygen atoms in total. The van der Waals surface area contributed by atoms with Gasteiger partial charge in [0.05, 0.1) is 12.3 Å². The van der Waals surface area contributed by atoms with Gasteiger partial charge in [-0.05, 0) is 56.3 Å². The first-order valence-corrected chi connectivity index (χ1v) is 9.13. The second-order valence-electron chi connectivity index (χ2n) is 5.96. The molecule has 0 aliphatic carbocycles. The fourth-order valence-corrected chi connectivity index (χ4v) is 2.66. The number of nitrogens with one attached hydrogen (secondary N) is 2. The smallest absolute Gasteiger partial charge is 0.261 e. The Morgan fingerprint density at radius 2 is 1.96 bits per heavy atom. The molecule has 0 aliphatic rings. The van der Waals surface area contributed by atoms with Crippen molar-refractivity contribution in [3.63, 3.8) is 0 Å². The van der Waals surface area contributed by atoms with Crippen LogP contribution in [0.25, 0.3) is 5.57 Å². The Bertz CT molecular complexity index is 981. The number of halogens is 1. The summed E-state index contributed by atoms with van der Waals surface area (Å²) in [7, 11) is 0. The fraction of sp³-hybridized carbons (Fsp3) is 0.143. The zero-order valence-electron chi connectivity index (χ0n) is 15.5. The summed E-state index contributed by atoms with van der Waals surface area (Å²) in [5, 5.41) is 10.3. The summed E-state index contributed by atoms with van der Waals surface area (Å²) < 4.78 is 10.7. The summed E-state index contributed by atoms with van der Waals surface area (Å²) in [6, 6.07) is 16.0. The van der Waals surface area contributed by atoms with Crippen LogP contribution in [-0.4, -0.2) is 17.7 Å². The van der Waals surface area contributed by atoms with E-state index >= 15 is 0 Å². The molecule has 0 saturated carbocycles. The van der Waals surface area contributed by atoms with E-state index in [1.54, 1.807) is 43.5 Å². The van der Waals surface area contributed by atoms with E-state index in [0.717, 1.165) is 11.4 Å².